The molecule has 2 heterocycles. The maximum Gasteiger partial charge on any atom is 0.147 e. The number of fused-ring (bicyclic) bond motifs is 3. The summed E-state index contributed by atoms with van der Waals surface area (Å²) in [5.41, 5.74) is 3.44. The molecule has 0 N–H and O–H groups in total. The van der Waals surface area contributed by atoms with Crippen LogP contribution in [0.2, 0.25) is 19.6 Å². The second-order valence-corrected chi connectivity index (χ2v) is 13.8. The van der Waals surface area contributed by atoms with E-state index in [0.29, 0.717) is 44.3 Å². The third-order valence-electron chi connectivity index (χ3n) is 5.52. The van der Waals surface area contributed by atoms with Crippen molar-refractivity contribution in [3.63, 3.8) is 0 Å². The largest absolute Gasteiger partial charge is 0.455 e. The Balaban J connectivity index is 1.79. The summed E-state index contributed by atoms with van der Waals surface area (Å²) in [6.07, 6.45) is 0.0943. The molecule has 31 heavy (non-hydrogen) atoms. The topological polar surface area (TPSA) is 26.0 Å². The van der Waals surface area contributed by atoms with Crippen LogP contribution in [0.15, 0.2) is 83.4 Å². The van der Waals surface area contributed by atoms with E-state index < -0.39 is 14.4 Å². The van der Waals surface area contributed by atoms with Crippen molar-refractivity contribution in [1.29, 1.82) is 0 Å². The molecule has 5 aromatic rings. The molecule has 0 unspecified atom stereocenters. The van der Waals surface area contributed by atoms with Crippen LogP contribution < -0.4 is 5.19 Å². The molecule has 3 aromatic carbocycles. The first-order valence-electron chi connectivity index (χ1n) is 11.3. The zero-order valence-electron chi connectivity index (χ0n) is 19.7. The molecule has 0 saturated heterocycles. The van der Waals surface area contributed by atoms with Crippen LogP contribution in [0.1, 0.15) is 13.9 Å². The van der Waals surface area contributed by atoms with Gasteiger partial charge in [-0.2, -0.15) is 0 Å². The highest BCUT2D eigenvalue weighted by molar-refractivity contribution is 6.89. The minimum atomic E-state index is -1.92. The van der Waals surface area contributed by atoms with Crippen LogP contribution in [0.3, 0.4) is 0 Å². The van der Waals surface area contributed by atoms with Gasteiger partial charge in [-0.05, 0) is 47.0 Å². The summed E-state index contributed by atoms with van der Waals surface area (Å²) in [6, 6.07) is 21.5. The van der Waals surface area contributed by atoms with E-state index in [0.717, 1.165) is 5.19 Å². The smallest absolute Gasteiger partial charge is 0.147 e. The highest BCUT2D eigenvalue weighted by Gasteiger charge is 2.23. The Bertz CT molecular complexity index is 1490. The normalized spacial score (nSPS) is 13.4. The molecule has 0 fully saturated rings. The van der Waals surface area contributed by atoms with Gasteiger partial charge in [0.1, 0.15) is 17.0 Å². The number of halogens is 1. The van der Waals surface area contributed by atoms with Crippen molar-refractivity contribution in [1.82, 2.24) is 4.98 Å². The lowest BCUT2D eigenvalue weighted by Crippen LogP contribution is -2.40. The fourth-order valence-corrected chi connectivity index (χ4v) is 5.36. The molecule has 0 amide bonds. The summed E-state index contributed by atoms with van der Waals surface area (Å²) in [4.78, 5) is 4.72. The van der Waals surface area contributed by atoms with Crippen LogP contribution >= 0.6 is 0 Å². The van der Waals surface area contributed by atoms with Crippen LogP contribution in [0.4, 0.5) is 4.39 Å². The number of furan rings is 1. The first kappa shape index (κ1) is 17.4. The molecular formula is C27H24FNOSi. The highest BCUT2D eigenvalue weighted by atomic mass is 28.3. The molecular weight excluding hydrogens is 401 g/mol. The van der Waals surface area contributed by atoms with E-state index in [4.69, 9.17) is 12.1 Å². The molecule has 5 rings (SSSR count). The number of rotatable bonds is 4. The first-order chi connectivity index (χ1) is 15.7. The van der Waals surface area contributed by atoms with Gasteiger partial charge in [0.15, 0.2) is 0 Å². The fraction of sp³-hybridized carbons (Fsp3) is 0.148. The zero-order valence-corrected chi connectivity index (χ0v) is 18.7. The highest BCUT2D eigenvalue weighted by Crippen LogP contribution is 2.37. The lowest BCUT2D eigenvalue weighted by atomic mass is 10.0. The standard InChI is InChI=1S/C27H24FNOSi/c1-31(2,3)25-17-29-23(16-19(25)15-18-9-5-4-6-10-18)20-13-14-22(28)26-21-11-7-8-12-24(21)30-27(20)26/h4-14,16-17H,15H2,1-3H3/i15D2. The van der Waals surface area contributed by atoms with E-state index in [1.165, 1.54) is 6.07 Å². The van der Waals surface area contributed by atoms with Crippen LogP contribution in [0.25, 0.3) is 33.2 Å². The number of aromatic nitrogens is 1. The molecule has 0 aliphatic rings. The summed E-state index contributed by atoms with van der Waals surface area (Å²) >= 11 is 0. The molecule has 0 bridgehead atoms. The van der Waals surface area contributed by atoms with E-state index in [2.05, 4.69) is 19.6 Å². The number of hydrogen-bond donors (Lipinski definition) is 0. The lowest BCUT2D eigenvalue weighted by Gasteiger charge is -2.21. The second kappa shape index (κ2) is 7.47. The Labute approximate surface area is 185 Å². The second-order valence-electron chi connectivity index (χ2n) is 8.75. The van der Waals surface area contributed by atoms with Crippen molar-refractivity contribution in [2.24, 2.45) is 0 Å². The quantitative estimate of drug-likeness (QED) is 0.291. The first-order valence-corrected chi connectivity index (χ1v) is 13.8. The maximum atomic E-state index is 14.8. The zero-order chi connectivity index (χ0) is 23.4. The summed E-state index contributed by atoms with van der Waals surface area (Å²) in [5, 5.41) is 2.10. The Morgan fingerprint density at radius 2 is 1.71 bits per heavy atom. The van der Waals surface area contributed by atoms with Gasteiger partial charge < -0.3 is 4.42 Å². The Kier molecular flexibility index (Phi) is 4.20. The van der Waals surface area contributed by atoms with Crippen molar-refractivity contribution in [3.05, 3.63) is 95.9 Å². The average molecular weight is 428 g/mol. The molecule has 2 aromatic heterocycles. The predicted molar refractivity (Wildman–Crippen MR) is 129 cm³/mol. The van der Waals surface area contributed by atoms with Crippen LogP contribution in [0.5, 0.6) is 0 Å². The minimum Gasteiger partial charge on any atom is -0.455 e. The monoisotopic (exact) mass is 427 g/mol. The van der Waals surface area contributed by atoms with Crippen molar-refractivity contribution < 1.29 is 11.5 Å². The van der Waals surface area contributed by atoms with E-state index in [1.807, 2.05) is 60.7 Å². The van der Waals surface area contributed by atoms with Crippen molar-refractivity contribution in [2.45, 2.75) is 26.0 Å². The van der Waals surface area contributed by atoms with E-state index in [1.54, 1.807) is 12.3 Å². The number of para-hydroxylation sites is 1. The van der Waals surface area contributed by atoms with Gasteiger partial charge in [0.05, 0.1) is 19.2 Å². The Hall–Kier alpha value is -3.24. The van der Waals surface area contributed by atoms with Crippen molar-refractivity contribution >= 4 is 35.2 Å². The van der Waals surface area contributed by atoms with Gasteiger partial charge in [0.2, 0.25) is 0 Å². The molecule has 0 aliphatic carbocycles. The van der Waals surface area contributed by atoms with Gasteiger partial charge >= 0.3 is 0 Å². The van der Waals surface area contributed by atoms with Gasteiger partial charge in [-0.25, -0.2) is 4.39 Å². The van der Waals surface area contributed by atoms with Crippen LogP contribution in [-0.4, -0.2) is 13.1 Å². The minimum absolute atomic E-state index is 0.350. The SMILES string of the molecule is [2H]C([2H])(c1ccccc1)c1cc(-c2ccc(F)c3c2oc2ccccc23)ncc1[Si](C)(C)C. The van der Waals surface area contributed by atoms with Gasteiger partial charge in [-0.1, -0.05) is 68.2 Å². The predicted octanol–water partition coefficient (Wildman–Crippen LogP) is 6.92. The third kappa shape index (κ3) is 3.57. The Morgan fingerprint density at radius 1 is 0.968 bits per heavy atom. The molecule has 2 nitrogen and oxygen atoms in total. The number of nitrogens with zero attached hydrogens (tertiary/aromatic N) is 1. The van der Waals surface area contributed by atoms with Crippen LogP contribution in [-0.2, 0) is 6.37 Å². The molecule has 4 heteroatoms. The van der Waals surface area contributed by atoms with Crippen LogP contribution in [0, 0.1) is 5.82 Å². The van der Waals surface area contributed by atoms with Gasteiger partial charge in [-0.15, -0.1) is 0 Å². The van der Waals surface area contributed by atoms with Gasteiger partial charge in [-0.3, -0.25) is 4.98 Å². The molecule has 0 radical (unpaired) electrons. The number of hydrogen-bond acceptors (Lipinski definition) is 2. The summed E-state index contributed by atoms with van der Waals surface area (Å²) in [7, 11) is -1.92. The molecule has 0 saturated carbocycles. The third-order valence-corrected chi connectivity index (χ3v) is 7.53. The van der Waals surface area contributed by atoms with Crippen molar-refractivity contribution in [2.75, 3.05) is 0 Å². The molecule has 154 valence electrons. The number of pyridine rings is 1. The molecule has 0 atom stereocenters. The lowest BCUT2D eigenvalue weighted by molar-refractivity contribution is 0.634. The van der Waals surface area contributed by atoms with E-state index >= 15 is 0 Å². The maximum absolute atomic E-state index is 14.8. The average Bonchev–Trinajstić information content (AvgIpc) is 3.19. The Morgan fingerprint density at radius 3 is 2.48 bits per heavy atom. The number of benzene rings is 3. The molecule has 0 aliphatic heterocycles. The summed E-state index contributed by atoms with van der Waals surface area (Å²) in [5.74, 6) is -0.350. The van der Waals surface area contributed by atoms with Gasteiger partial charge in [0.25, 0.3) is 0 Å². The summed E-state index contributed by atoms with van der Waals surface area (Å²) < 4.78 is 39.0. The van der Waals surface area contributed by atoms with Gasteiger partial charge in [0, 0.05) is 19.9 Å². The van der Waals surface area contributed by atoms with E-state index in [-0.39, 0.29) is 5.82 Å². The fourth-order valence-electron chi connectivity index (χ4n) is 3.97. The van der Waals surface area contributed by atoms with E-state index in [9.17, 15) is 4.39 Å². The van der Waals surface area contributed by atoms with Crippen molar-refractivity contribution in [3.8, 4) is 11.3 Å². The molecule has 0 spiro atoms. The summed E-state index contributed by atoms with van der Waals surface area (Å²) in [6.45, 7) is 6.55.